The summed E-state index contributed by atoms with van der Waals surface area (Å²) in [6, 6.07) is 3.66. The quantitative estimate of drug-likeness (QED) is 0.225. The highest BCUT2D eigenvalue weighted by molar-refractivity contribution is 7.59. The van der Waals surface area contributed by atoms with Crippen LogP contribution in [0.15, 0.2) is 36.9 Å². The molecule has 0 unspecified atom stereocenters. The van der Waals surface area contributed by atoms with Gasteiger partial charge >= 0.3 is 5.97 Å². The van der Waals surface area contributed by atoms with Gasteiger partial charge in [0.15, 0.2) is 5.78 Å². The molecular weight excluding hydrogens is 587 g/mol. The molecule has 1 aromatic rings. The summed E-state index contributed by atoms with van der Waals surface area (Å²) in [5, 5.41) is 21.3. The van der Waals surface area contributed by atoms with Crippen LogP contribution in [0.5, 0.6) is 5.75 Å². The van der Waals surface area contributed by atoms with Crippen LogP contribution in [-0.2, 0) is 30.4 Å². The molecule has 230 valence electrons. The first kappa shape index (κ1) is 38.4. The van der Waals surface area contributed by atoms with Gasteiger partial charge in [0.1, 0.15) is 17.8 Å². The van der Waals surface area contributed by atoms with Crippen LogP contribution in [0.4, 0.5) is 0 Å². The summed E-state index contributed by atoms with van der Waals surface area (Å²) < 4.78 is 0. The Bertz CT molecular complexity index is 1050. The lowest BCUT2D eigenvalue weighted by atomic mass is 10.0. The topological polar surface area (TPSA) is 144 Å². The highest BCUT2D eigenvalue weighted by atomic mass is 32.1. The number of carbonyl (C=O) groups is 5. The molecule has 1 aromatic carbocycles. The normalized spacial score (nSPS) is 18.2. The third-order valence-corrected chi connectivity index (χ3v) is 7.17. The van der Waals surface area contributed by atoms with Crippen LogP contribution < -0.4 is 5.32 Å². The van der Waals surface area contributed by atoms with Gasteiger partial charge in [-0.15, -0.1) is 6.58 Å². The highest BCUT2D eigenvalue weighted by Gasteiger charge is 2.41. The molecule has 2 saturated heterocycles. The smallest absolute Gasteiger partial charge is 0.326 e. The number of hydrogen-bond donors (Lipinski definition) is 3. The number of rotatable bonds is 13. The Labute approximate surface area is 262 Å². The van der Waals surface area contributed by atoms with E-state index in [2.05, 4.69) is 11.9 Å². The number of allylic oxidation sites excluding steroid dienone is 1. The second kappa shape index (κ2) is 18.7. The Kier molecular flexibility index (Phi) is 17.5. The largest absolute Gasteiger partial charge is 0.508 e. The number of carboxylic acids is 1. The summed E-state index contributed by atoms with van der Waals surface area (Å²) in [6.07, 6.45) is 5.76. The summed E-state index contributed by atoms with van der Waals surface area (Å²) >= 11 is 0. The second-order valence-corrected chi connectivity index (χ2v) is 9.91. The summed E-state index contributed by atoms with van der Waals surface area (Å²) in [5.41, 5.74) is 0.631. The average molecular weight is 630 g/mol. The molecule has 2 fully saturated rings. The summed E-state index contributed by atoms with van der Waals surface area (Å²) in [6.45, 7) is 4.63. The predicted octanol–water partition coefficient (Wildman–Crippen LogP) is 2.53. The number of phenolic OH excluding ortho intramolecular Hbond substituents is 1. The number of hydrogen-bond acceptors (Lipinski definition) is 6. The first-order valence-electron chi connectivity index (χ1n) is 13.2. The maximum Gasteiger partial charge on any atom is 0.326 e. The van der Waals surface area contributed by atoms with Crippen molar-refractivity contribution in [3.63, 3.8) is 0 Å². The minimum atomic E-state index is -1.20. The number of carboxylic acid groups (broad SMARTS) is 1. The number of aliphatic carboxylic acids is 1. The number of unbranched alkanes of at least 4 members (excludes halogenated alkanes) is 1. The minimum Gasteiger partial charge on any atom is -0.508 e. The van der Waals surface area contributed by atoms with E-state index < -0.39 is 30.0 Å². The van der Waals surface area contributed by atoms with Gasteiger partial charge in [-0.3, -0.25) is 19.2 Å². The van der Waals surface area contributed by atoms with Gasteiger partial charge in [-0.2, -0.15) is 40.5 Å². The molecule has 3 atom stereocenters. The van der Waals surface area contributed by atoms with Crippen LogP contribution in [0, 0.1) is 0 Å². The van der Waals surface area contributed by atoms with Crippen molar-refractivity contribution in [1.82, 2.24) is 15.1 Å². The van der Waals surface area contributed by atoms with Crippen molar-refractivity contribution in [3.05, 3.63) is 42.5 Å². The maximum absolute atomic E-state index is 13.4. The molecule has 13 heteroatoms. The van der Waals surface area contributed by atoms with Crippen molar-refractivity contribution >= 4 is 70.0 Å². The van der Waals surface area contributed by atoms with Gasteiger partial charge in [0.25, 0.3) is 0 Å². The van der Waals surface area contributed by atoms with Gasteiger partial charge in [0.2, 0.25) is 17.7 Å². The van der Waals surface area contributed by atoms with Crippen molar-refractivity contribution in [2.24, 2.45) is 0 Å². The van der Waals surface area contributed by atoms with Gasteiger partial charge in [-0.25, -0.2) is 4.79 Å². The van der Waals surface area contributed by atoms with Gasteiger partial charge in [0, 0.05) is 38.8 Å². The van der Waals surface area contributed by atoms with Crippen LogP contribution >= 0.6 is 40.5 Å². The summed E-state index contributed by atoms with van der Waals surface area (Å²) in [5.74, 6) is -2.21. The fourth-order valence-corrected chi connectivity index (χ4v) is 5.16. The summed E-state index contributed by atoms with van der Waals surface area (Å²) in [7, 11) is 0. The van der Waals surface area contributed by atoms with Gasteiger partial charge in [-0.05, 0) is 56.2 Å². The van der Waals surface area contributed by atoms with Gasteiger partial charge in [-0.1, -0.05) is 18.2 Å². The number of benzene rings is 1. The standard InChI is InChI=1S/C28H37N3O7.3H2S/c1-2-3-4-9-26(35)30-16-6-8-23(30)27(36)31-17-5-7-22(31)24(33)14-15-25(34)29-21(28(37)38)18-19-10-12-20(32)13-11-19;;;/h2,10-13,21-23,32H,1,3-9,14-18H2,(H,29,34)(H,37,38);3*1H2/t21-,22-,23-;;;/m0.../s1. The van der Waals surface area contributed by atoms with Crippen LogP contribution in [0.3, 0.4) is 0 Å². The Morgan fingerprint density at radius 3 is 2.15 bits per heavy atom. The van der Waals surface area contributed by atoms with Gasteiger partial charge in [0.05, 0.1) is 6.04 Å². The molecule has 3 amide bonds. The molecule has 2 heterocycles. The molecule has 3 rings (SSSR count). The third-order valence-electron chi connectivity index (χ3n) is 7.17. The number of aromatic hydroxyl groups is 1. The monoisotopic (exact) mass is 629 g/mol. The zero-order valence-corrected chi connectivity index (χ0v) is 26.1. The first-order chi connectivity index (χ1) is 18.2. The van der Waals surface area contributed by atoms with Crippen LogP contribution in [-0.4, -0.2) is 80.7 Å². The fraction of sp³-hybridized carbons (Fsp3) is 0.536. The molecule has 10 nitrogen and oxygen atoms in total. The van der Waals surface area contributed by atoms with E-state index in [4.69, 9.17) is 0 Å². The van der Waals surface area contributed by atoms with E-state index in [1.165, 1.54) is 12.1 Å². The first-order valence-corrected chi connectivity index (χ1v) is 13.2. The molecule has 3 N–H and O–H groups in total. The van der Waals surface area contributed by atoms with E-state index >= 15 is 0 Å². The zero-order chi connectivity index (χ0) is 27.7. The van der Waals surface area contributed by atoms with Crippen LogP contribution in [0.25, 0.3) is 0 Å². The van der Waals surface area contributed by atoms with Crippen molar-refractivity contribution in [2.45, 2.75) is 82.3 Å². The maximum atomic E-state index is 13.4. The predicted molar refractivity (Wildman–Crippen MR) is 170 cm³/mol. The average Bonchev–Trinajstić information content (AvgIpc) is 3.58. The fourth-order valence-electron chi connectivity index (χ4n) is 5.16. The molecule has 2 aliphatic heterocycles. The van der Waals surface area contributed by atoms with E-state index in [-0.39, 0.29) is 83.1 Å². The molecule has 0 spiro atoms. The van der Waals surface area contributed by atoms with Gasteiger partial charge < -0.3 is 25.3 Å². The Morgan fingerprint density at radius 1 is 0.927 bits per heavy atom. The number of likely N-dealkylation sites (tertiary alicyclic amines) is 2. The van der Waals surface area contributed by atoms with Crippen molar-refractivity contribution < 1.29 is 34.2 Å². The van der Waals surface area contributed by atoms with Crippen molar-refractivity contribution in [1.29, 1.82) is 0 Å². The number of Topliss-reactive ketones (excluding diaryl/α,β-unsaturated/α-hetero) is 1. The Hall–Kier alpha value is -2.64. The lowest BCUT2D eigenvalue weighted by Gasteiger charge is -2.31. The molecule has 0 aromatic heterocycles. The Morgan fingerprint density at radius 2 is 1.54 bits per heavy atom. The van der Waals surface area contributed by atoms with Crippen molar-refractivity contribution in [2.75, 3.05) is 13.1 Å². The number of phenols is 1. The molecule has 0 radical (unpaired) electrons. The van der Waals surface area contributed by atoms with E-state index in [0.29, 0.717) is 50.8 Å². The highest BCUT2D eigenvalue weighted by Crippen LogP contribution is 2.27. The second-order valence-electron chi connectivity index (χ2n) is 9.91. The molecule has 0 bridgehead atoms. The molecular formula is C28H43N3O7S3. The number of nitrogens with zero attached hydrogens (tertiary/aromatic N) is 2. The van der Waals surface area contributed by atoms with E-state index in [0.717, 1.165) is 12.8 Å². The van der Waals surface area contributed by atoms with E-state index in [9.17, 15) is 34.2 Å². The number of carbonyl (C=O) groups excluding carboxylic acids is 4. The van der Waals surface area contributed by atoms with Crippen LogP contribution in [0.2, 0.25) is 0 Å². The molecule has 41 heavy (non-hydrogen) atoms. The Balaban J connectivity index is 0.00000533. The van der Waals surface area contributed by atoms with Crippen LogP contribution in [0.1, 0.15) is 63.4 Å². The number of amides is 3. The van der Waals surface area contributed by atoms with E-state index in [1.807, 2.05) is 0 Å². The minimum absolute atomic E-state index is 0. The lowest BCUT2D eigenvalue weighted by Crippen LogP contribution is -2.51. The third kappa shape index (κ3) is 10.9. The molecule has 2 aliphatic rings. The molecule has 0 aliphatic carbocycles. The zero-order valence-electron chi connectivity index (χ0n) is 23.1. The number of ketones is 1. The molecule has 0 saturated carbocycles. The SMILES string of the molecule is C=CCCCC(=O)N1CCC[C@H]1C(=O)N1CCC[C@H]1C(=O)CCC(=O)N[C@@H](Cc1ccc(O)cc1)C(=O)O.S.S.S. The van der Waals surface area contributed by atoms with Crippen molar-refractivity contribution in [3.8, 4) is 5.75 Å². The lowest BCUT2D eigenvalue weighted by molar-refractivity contribution is -0.146. The van der Waals surface area contributed by atoms with E-state index in [1.54, 1.807) is 28.0 Å². The number of nitrogens with one attached hydrogen (secondary N) is 1. The summed E-state index contributed by atoms with van der Waals surface area (Å²) in [4.78, 5) is 66.3.